The van der Waals surface area contributed by atoms with Crippen LogP contribution < -0.4 is 10.6 Å². The third kappa shape index (κ3) is 9.04. The molecule has 4 atom stereocenters. The van der Waals surface area contributed by atoms with Crippen LogP contribution in [0.5, 0.6) is 0 Å². The van der Waals surface area contributed by atoms with E-state index >= 15 is 0 Å². The molecule has 0 radical (unpaired) electrons. The van der Waals surface area contributed by atoms with Gasteiger partial charge in [0.05, 0.1) is 18.6 Å². The van der Waals surface area contributed by atoms with E-state index in [1.807, 2.05) is 69.3 Å². The summed E-state index contributed by atoms with van der Waals surface area (Å²) in [5.74, 6) is -3.33. The number of carbonyl (C=O) groups is 3. The number of methoxy groups -OCH3 is 1. The Morgan fingerprint density at radius 2 is 1.59 bits per heavy atom. The van der Waals surface area contributed by atoms with Crippen molar-refractivity contribution in [3.05, 3.63) is 95.6 Å². The molecule has 0 aromatic heterocycles. The maximum Gasteiger partial charge on any atom is 0.338 e. The Morgan fingerprint density at radius 1 is 0.935 bits per heavy atom. The predicted molar refractivity (Wildman–Crippen MR) is 179 cm³/mol. The van der Waals surface area contributed by atoms with Crippen LogP contribution in [0.15, 0.2) is 78.9 Å². The minimum absolute atomic E-state index is 0.270. The first-order valence-corrected chi connectivity index (χ1v) is 16.0. The van der Waals surface area contributed by atoms with E-state index in [0.717, 1.165) is 16.7 Å². The molecule has 0 aliphatic carbocycles. The zero-order valence-electron chi connectivity index (χ0n) is 28.1. The molecule has 4 unspecified atom stereocenters. The van der Waals surface area contributed by atoms with E-state index in [0.29, 0.717) is 19.3 Å². The molecular formula is C38H48N2O6. The Morgan fingerprint density at radius 3 is 2.15 bits per heavy atom. The van der Waals surface area contributed by atoms with Crippen LogP contribution in [0.2, 0.25) is 0 Å². The lowest BCUT2D eigenvalue weighted by Gasteiger charge is -2.33. The fraction of sp³-hybridized carbons (Fsp3) is 0.447. The average Bonchev–Trinajstić information content (AvgIpc) is 3.29. The van der Waals surface area contributed by atoms with Crippen molar-refractivity contribution in [3.8, 4) is 11.1 Å². The highest BCUT2D eigenvalue weighted by molar-refractivity contribution is 5.92. The van der Waals surface area contributed by atoms with E-state index in [2.05, 4.69) is 47.9 Å². The summed E-state index contributed by atoms with van der Waals surface area (Å²) < 4.78 is 16.8. The molecule has 0 spiro atoms. The zero-order chi connectivity index (χ0) is 33.5. The van der Waals surface area contributed by atoms with Gasteiger partial charge in [0.25, 0.3) is 0 Å². The molecule has 3 aromatic carbocycles. The second-order valence-electron chi connectivity index (χ2n) is 13.6. The minimum Gasteiger partial charge on any atom is -0.432 e. The van der Waals surface area contributed by atoms with E-state index in [4.69, 9.17) is 14.2 Å². The van der Waals surface area contributed by atoms with Crippen LogP contribution in [0.25, 0.3) is 11.1 Å². The monoisotopic (exact) mass is 628 g/mol. The normalized spacial score (nSPS) is 17.9. The van der Waals surface area contributed by atoms with Crippen LogP contribution in [0.3, 0.4) is 0 Å². The maximum absolute atomic E-state index is 14.0. The van der Waals surface area contributed by atoms with E-state index in [1.54, 1.807) is 21.0 Å². The number of hydrogen-bond donors (Lipinski definition) is 2. The number of hydrogen-bond acceptors (Lipinski definition) is 6. The van der Waals surface area contributed by atoms with Crippen LogP contribution in [0.1, 0.15) is 70.2 Å². The van der Waals surface area contributed by atoms with Crippen LogP contribution in [0, 0.1) is 18.3 Å². The summed E-state index contributed by atoms with van der Waals surface area (Å²) in [5, 5.41) is 6.05. The Labute approximate surface area is 273 Å². The van der Waals surface area contributed by atoms with Crippen molar-refractivity contribution in [1.82, 2.24) is 10.6 Å². The van der Waals surface area contributed by atoms with Crippen LogP contribution in [0.4, 0.5) is 0 Å². The first kappa shape index (κ1) is 34.9. The Kier molecular flexibility index (Phi) is 11.4. The molecule has 1 aliphatic heterocycles. The van der Waals surface area contributed by atoms with Gasteiger partial charge in [-0.25, -0.2) is 4.79 Å². The fourth-order valence-electron chi connectivity index (χ4n) is 5.95. The molecule has 46 heavy (non-hydrogen) atoms. The van der Waals surface area contributed by atoms with Gasteiger partial charge < -0.3 is 24.8 Å². The molecule has 2 N–H and O–H groups in total. The maximum atomic E-state index is 14.0. The van der Waals surface area contributed by atoms with Crippen molar-refractivity contribution in [2.24, 2.45) is 11.3 Å². The summed E-state index contributed by atoms with van der Waals surface area (Å²) in [6.07, 6.45) is 0.637. The zero-order valence-corrected chi connectivity index (χ0v) is 28.1. The minimum atomic E-state index is -1.14. The number of cyclic esters (lactones) is 1. The molecule has 1 aliphatic rings. The molecule has 4 rings (SSSR count). The lowest BCUT2D eigenvalue weighted by molar-refractivity contribution is -0.162. The highest BCUT2D eigenvalue weighted by atomic mass is 16.8. The van der Waals surface area contributed by atoms with Crippen molar-refractivity contribution >= 4 is 17.8 Å². The number of amides is 2. The number of rotatable bonds is 13. The van der Waals surface area contributed by atoms with Crippen molar-refractivity contribution in [2.45, 2.75) is 84.8 Å². The summed E-state index contributed by atoms with van der Waals surface area (Å²) in [4.78, 5) is 40.7. The van der Waals surface area contributed by atoms with Gasteiger partial charge in [0.1, 0.15) is 6.04 Å². The van der Waals surface area contributed by atoms with Crippen molar-refractivity contribution < 1.29 is 28.6 Å². The number of nitrogens with one attached hydrogen (secondary N) is 2. The Hall–Kier alpha value is -4.01. The molecule has 0 saturated carbocycles. The second kappa shape index (κ2) is 15.1. The summed E-state index contributed by atoms with van der Waals surface area (Å²) in [6, 6.07) is 24.9. The van der Waals surface area contributed by atoms with Gasteiger partial charge in [-0.05, 0) is 59.4 Å². The number of carbonyl (C=O) groups excluding carboxylic acids is 3. The van der Waals surface area contributed by atoms with E-state index in [9.17, 15) is 14.4 Å². The molecule has 1 fully saturated rings. The molecule has 3 aromatic rings. The third-order valence-electron chi connectivity index (χ3n) is 8.31. The van der Waals surface area contributed by atoms with Gasteiger partial charge in [0.2, 0.25) is 17.6 Å². The summed E-state index contributed by atoms with van der Waals surface area (Å²) in [6.45, 7) is 11.4. The van der Waals surface area contributed by atoms with Gasteiger partial charge in [-0.3, -0.25) is 9.59 Å². The van der Waals surface area contributed by atoms with Gasteiger partial charge in [0, 0.05) is 21.0 Å². The fourth-order valence-corrected chi connectivity index (χ4v) is 5.95. The second-order valence-corrected chi connectivity index (χ2v) is 13.6. The molecule has 1 saturated heterocycles. The van der Waals surface area contributed by atoms with Crippen molar-refractivity contribution in [3.63, 3.8) is 0 Å². The first-order valence-electron chi connectivity index (χ1n) is 16.0. The van der Waals surface area contributed by atoms with E-state index < -0.39 is 47.2 Å². The van der Waals surface area contributed by atoms with Crippen molar-refractivity contribution in [2.75, 3.05) is 13.7 Å². The lowest BCUT2D eigenvalue weighted by Crippen LogP contribution is -2.56. The molecule has 246 valence electrons. The third-order valence-corrected chi connectivity index (χ3v) is 8.31. The SMILES string of the molecule is COCC(NC(=O)C(NC(=O)C(CCCc1ccc(-c2ccccc2)c(C)c1)C1OC(C)(C)OC1=O)C(C)(C)C)c1ccccc1. The van der Waals surface area contributed by atoms with Crippen LogP contribution in [-0.4, -0.2) is 49.4 Å². The van der Waals surface area contributed by atoms with Gasteiger partial charge >= 0.3 is 5.97 Å². The first-order chi connectivity index (χ1) is 21.8. The molecular weight excluding hydrogens is 580 g/mol. The quantitative estimate of drug-likeness (QED) is 0.215. The highest BCUT2D eigenvalue weighted by Crippen LogP contribution is 2.32. The molecule has 1 heterocycles. The molecule has 2 amide bonds. The standard InChI is InChI=1S/C38H48N2O6/c1-25-23-26(21-22-29(25)27-16-10-8-11-17-27)15-14-20-30(32-36(43)46-38(5,6)45-32)34(41)40-33(37(2,3)4)35(42)39-31(24-44-7)28-18-12-9-13-19-28/h8-13,16-19,21-23,30-33H,14-15,20,24H2,1-7H3,(H,39,42)(H,40,41). The van der Waals surface area contributed by atoms with Gasteiger partial charge in [0.15, 0.2) is 6.10 Å². The topological polar surface area (TPSA) is 103 Å². The number of aryl methyl sites for hydroxylation is 2. The largest absolute Gasteiger partial charge is 0.432 e. The van der Waals surface area contributed by atoms with Gasteiger partial charge in [-0.2, -0.15) is 0 Å². The summed E-state index contributed by atoms with van der Waals surface area (Å²) in [7, 11) is 1.58. The number of ether oxygens (including phenoxy) is 3. The van der Waals surface area contributed by atoms with Crippen LogP contribution >= 0.6 is 0 Å². The lowest BCUT2D eigenvalue weighted by atomic mass is 9.84. The number of esters is 1. The molecule has 8 heteroatoms. The Bertz CT molecular complexity index is 1480. The van der Waals surface area contributed by atoms with Gasteiger partial charge in [-0.15, -0.1) is 0 Å². The smallest absolute Gasteiger partial charge is 0.338 e. The highest BCUT2D eigenvalue weighted by Gasteiger charge is 2.48. The van der Waals surface area contributed by atoms with Gasteiger partial charge in [-0.1, -0.05) is 99.6 Å². The Balaban J connectivity index is 1.50. The predicted octanol–water partition coefficient (Wildman–Crippen LogP) is 6.31. The number of benzene rings is 3. The molecule has 8 nitrogen and oxygen atoms in total. The van der Waals surface area contributed by atoms with Crippen molar-refractivity contribution in [1.29, 1.82) is 0 Å². The molecule has 0 bridgehead atoms. The van der Waals surface area contributed by atoms with E-state index in [1.165, 1.54) is 11.1 Å². The average molecular weight is 629 g/mol. The summed E-state index contributed by atoms with van der Waals surface area (Å²) >= 11 is 0. The summed E-state index contributed by atoms with van der Waals surface area (Å²) in [5.41, 5.74) is 4.92. The van der Waals surface area contributed by atoms with E-state index in [-0.39, 0.29) is 12.5 Å². The van der Waals surface area contributed by atoms with Crippen LogP contribution in [-0.2, 0) is 35.0 Å².